The third kappa shape index (κ3) is 3.38. The topological polar surface area (TPSA) is 53.9 Å². The summed E-state index contributed by atoms with van der Waals surface area (Å²) in [6.07, 6.45) is 1.63. The number of anilines is 3. The van der Waals surface area contributed by atoms with E-state index in [4.69, 9.17) is 0 Å². The van der Waals surface area contributed by atoms with Gasteiger partial charge in [-0.1, -0.05) is 48.5 Å². The highest BCUT2D eigenvalue weighted by Crippen LogP contribution is 2.19. The monoisotopic (exact) mass is 291 g/mol. The maximum absolute atomic E-state index is 4.51. The van der Waals surface area contributed by atoms with Crippen LogP contribution in [0.3, 0.4) is 0 Å². The molecular weight excluding hydrogens is 274 g/mol. The lowest BCUT2D eigenvalue weighted by atomic mass is 10.2. The van der Waals surface area contributed by atoms with Crippen LogP contribution in [0.4, 0.5) is 17.5 Å². The molecule has 3 aromatic rings. The molecule has 0 bridgehead atoms. The third-order valence-corrected chi connectivity index (χ3v) is 3.31. The van der Waals surface area contributed by atoms with Crippen molar-refractivity contribution >= 4 is 17.5 Å². The lowest BCUT2D eigenvalue weighted by Gasteiger charge is -2.17. The van der Waals surface area contributed by atoms with Crippen molar-refractivity contribution in [1.29, 1.82) is 0 Å². The van der Waals surface area contributed by atoms with Gasteiger partial charge in [-0.05, 0) is 17.7 Å². The van der Waals surface area contributed by atoms with Crippen molar-refractivity contribution in [2.75, 3.05) is 17.3 Å². The molecule has 0 saturated heterocycles. The van der Waals surface area contributed by atoms with Gasteiger partial charge in [0, 0.05) is 19.3 Å². The van der Waals surface area contributed by atoms with Gasteiger partial charge in [0.1, 0.15) is 0 Å². The van der Waals surface area contributed by atoms with Gasteiger partial charge in [-0.15, -0.1) is 5.10 Å². The van der Waals surface area contributed by atoms with E-state index in [0.29, 0.717) is 18.3 Å². The van der Waals surface area contributed by atoms with Crippen LogP contribution in [0, 0.1) is 0 Å². The summed E-state index contributed by atoms with van der Waals surface area (Å²) in [6, 6.07) is 20.1. The first kappa shape index (κ1) is 14.0. The average molecular weight is 291 g/mol. The standard InChI is InChI=1S/C17H17N5/c1-22(15-10-6-3-7-11-15)17-20-16(13-19-21-17)18-12-14-8-4-2-5-9-14/h2-11,13H,12H2,1H3,(H,18,20,21). The van der Waals surface area contributed by atoms with Crippen molar-refractivity contribution in [3.8, 4) is 0 Å². The number of benzene rings is 2. The molecule has 0 unspecified atom stereocenters. The normalized spacial score (nSPS) is 10.2. The highest BCUT2D eigenvalue weighted by Gasteiger charge is 2.08. The number of aromatic nitrogens is 3. The predicted molar refractivity (Wildman–Crippen MR) is 88.1 cm³/mol. The first-order chi connectivity index (χ1) is 10.8. The van der Waals surface area contributed by atoms with E-state index >= 15 is 0 Å². The zero-order valence-electron chi connectivity index (χ0n) is 12.3. The summed E-state index contributed by atoms with van der Waals surface area (Å²) in [7, 11) is 1.92. The van der Waals surface area contributed by atoms with E-state index in [9.17, 15) is 0 Å². The second-order valence-corrected chi connectivity index (χ2v) is 4.88. The number of hydrogen-bond donors (Lipinski definition) is 1. The average Bonchev–Trinajstić information content (AvgIpc) is 2.61. The fourth-order valence-corrected chi connectivity index (χ4v) is 2.08. The van der Waals surface area contributed by atoms with Crippen LogP contribution in [0.25, 0.3) is 0 Å². The minimum atomic E-state index is 0.560. The number of nitrogens with one attached hydrogen (secondary N) is 1. The molecule has 2 aromatic carbocycles. The van der Waals surface area contributed by atoms with Crippen LogP contribution in [-0.2, 0) is 6.54 Å². The Labute approximate surface area is 129 Å². The Kier molecular flexibility index (Phi) is 4.25. The van der Waals surface area contributed by atoms with E-state index in [2.05, 4.69) is 32.6 Å². The summed E-state index contributed by atoms with van der Waals surface area (Å²) in [5.74, 6) is 1.26. The maximum atomic E-state index is 4.51. The van der Waals surface area contributed by atoms with Gasteiger partial charge >= 0.3 is 0 Å². The maximum Gasteiger partial charge on any atom is 0.251 e. The molecule has 0 radical (unpaired) electrons. The van der Waals surface area contributed by atoms with Crippen molar-refractivity contribution in [2.24, 2.45) is 0 Å². The lowest BCUT2D eigenvalue weighted by molar-refractivity contribution is 0.921. The molecule has 0 spiro atoms. The smallest absolute Gasteiger partial charge is 0.251 e. The van der Waals surface area contributed by atoms with Crippen molar-refractivity contribution < 1.29 is 0 Å². The van der Waals surface area contributed by atoms with Crippen molar-refractivity contribution in [3.05, 3.63) is 72.4 Å². The molecule has 1 N–H and O–H groups in total. The molecule has 22 heavy (non-hydrogen) atoms. The van der Waals surface area contributed by atoms with Gasteiger partial charge in [0.15, 0.2) is 5.82 Å². The highest BCUT2D eigenvalue weighted by atomic mass is 15.3. The van der Waals surface area contributed by atoms with E-state index in [-0.39, 0.29) is 0 Å². The van der Waals surface area contributed by atoms with E-state index < -0.39 is 0 Å². The fraction of sp³-hybridized carbons (Fsp3) is 0.118. The van der Waals surface area contributed by atoms with Gasteiger partial charge in [-0.2, -0.15) is 10.1 Å². The molecule has 0 saturated carbocycles. The highest BCUT2D eigenvalue weighted by molar-refractivity contribution is 5.56. The molecule has 0 aliphatic heterocycles. The van der Waals surface area contributed by atoms with Crippen LogP contribution < -0.4 is 10.2 Å². The number of rotatable bonds is 5. The molecular formula is C17H17N5. The summed E-state index contributed by atoms with van der Waals surface area (Å²) < 4.78 is 0. The van der Waals surface area contributed by atoms with Crippen molar-refractivity contribution in [2.45, 2.75) is 6.54 Å². The molecule has 110 valence electrons. The summed E-state index contributed by atoms with van der Waals surface area (Å²) in [4.78, 5) is 6.41. The molecule has 3 rings (SSSR count). The number of para-hydroxylation sites is 1. The number of nitrogens with zero attached hydrogens (tertiary/aromatic N) is 4. The van der Waals surface area contributed by atoms with Gasteiger partial charge < -0.3 is 10.2 Å². The van der Waals surface area contributed by atoms with Crippen LogP contribution in [0.2, 0.25) is 0 Å². The fourth-order valence-electron chi connectivity index (χ4n) is 2.08. The molecule has 1 heterocycles. The second-order valence-electron chi connectivity index (χ2n) is 4.88. The van der Waals surface area contributed by atoms with Crippen LogP contribution in [0.15, 0.2) is 66.9 Å². The Hall–Kier alpha value is -2.95. The number of hydrogen-bond acceptors (Lipinski definition) is 5. The third-order valence-electron chi connectivity index (χ3n) is 3.31. The van der Waals surface area contributed by atoms with Gasteiger partial charge in [0.05, 0.1) is 6.20 Å². The van der Waals surface area contributed by atoms with Gasteiger partial charge in [-0.25, -0.2) is 0 Å². The minimum absolute atomic E-state index is 0.560. The Morgan fingerprint density at radius 3 is 2.36 bits per heavy atom. The first-order valence-corrected chi connectivity index (χ1v) is 7.09. The van der Waals surface area contributed by atoms with Gasteiger partial charge in [0.25, 0.3) is 5.95 Å². The van der Waals surface area contributed by atoms with E-state index in [1.165, 1.54) is 5.56 Å². The molecule has 0 aliphatic carbocycles. The Bertz CT molecular complexity index is 715. The lowest BCUT2D eigenvalue weighted by Crippen LogP contribution is -2.14. The Morgan fingerprint density at radius 2 is 1.64 bits per heavy atom. The quantitative estimate of drug-likeness (QED) is 0.782. The van der Waals surface area contributed by atoms with Crippen LogP contribution in [0.5, 0.6) is 0 Å². The zero-order chi connectivity index (χ0) is 15.2. The molecule has 0 fully saturated rings. The van der Waals surface area contributed by atoms with E-state index in [0.717, 1.165) is 5.69 Å². The molecule has 0 aliphatic rings. The van der Waals surface area contributed by atoms with Crippen LogP contribution >= 0.6 is 0 Å². The molecule has 1 aromatic heterocycles. The largest absolute Gasteiger partial charge is 0.365 e. The zero-order valence-corrected chi connectivity index (χ0v) is 12.3. The van der Waals surface area contributed by atoms with Crippen molar-refractivity contribution in [1.82, 2.24) is 15.2 Å². The van der Waals surface area contributed by atoms with E-state index in [1.54, 1.807) is 6.20 Å². The SMILES string of the molecule is CN(c1ccccc1)c1nncc(NCc2ccccc2)n1. The van der Waals surface area contributed by atoms with Gasteiger partial charge in [0.2, 0.25) is 0 Å². The van der Waals surface area contributed by atoms with Crippen LogP contribution in [-0.4, -0.2) is 22.2 Å². The predicted octanol–water partition coefficient (Wildman–Crippen LogP) is 3.25. The van der Waals surface area contributed by atoms with Gasteiger partial charge in [-0.3, -0.25) is 0 Å². The minimum Gasteiger partial charge on any atom is -0.365 e. The molecule has 0 amide bonds. The van der Waals surface area contributed by atoms with Crippen LogP contribution in [0.1, 0.15) is 5.56 Å². The summed E-state index contributed by atoms with van der Waals surface area (Å²) in [5.41, 5.74) is 2.21. The van der Waals surface area contributed by atoms with E-state index in [1.807, 2.05) is 60.5 Å². The molecule has 0 atom stereocenters. The Balaban J connectivity index is 1.72. The Morgan fingerprint density at radius 1 is 0.955 bits per heavy atom. The second kappa shape index (κ2) is 6.67. The van der Waals surface area contributed by atoms with Crippen molar-refractivity contribution in [3.63, 3.8) is 0 Å². The summed E-state index contributed by atoms with van der Waals surface area (Å²) in [5, 5.41) is 11.4. The first-order valence-electron chi connectivity index (χ1n) is 7.09. The summed E-state index contributed by atoms with van der Waals surface area (Å²) >= 11 is 0. The molecule has 5 nitrogen and oxygen atoms in total. The molecule has 5 heteroatoms. The summed E-state index contributed by atoms with van der Waals surface area (Å²) in [6.45, 7) is 0.702.